The van der Waals surface area contributed by atoms with E-state index in [4.69, 9.17) is 0 Å². The third-order valence-electron chi connectivity index (χ3n) is 5.54. The zero-order chi connectivity index (χ0) is 20.1. The number of nitro groups is 1. The summed E-state index contributed by atoms with van der Waals surface area (Å²) in [7, 11) is 0. The Morgan fingerprint density at radius 1 is 1.21 bits per heavy atom. The van der Waals surface area contributed by atoms with Crippen LogP contribution in [0.4, 0.5) is 5.69 Å². The Labute approximate surface area is 165 Å². The first-order valence-electron chi connectivity index (χ1n) is 9.80. The highest BCUT2D eigenvalue weighted by molar-refractivity contribution is 5.95. The highest BCUT2D eigenvalue weighted by Crippen LogP contribution is 2.21. The Kier molecular flexibility index (Phi) is 6.41. The number of piperidine rings is 1. The maximum absolute atomic E-state index is 12.6. The summed E-state index contributed by atoms with van der Waals surface area (Å²) in [5, 5.41) is 13.8. The van der Waals surface area contributed by atoms with Gasteiger partial charge in [-0.2, -0.15) is 0 Å². The number of nitrogens with zero attached hydrogens (tertiary/aromatic N) is 2. The van der Waals surface area contributed by atoms with Gasteiger partial charge < -0.3 is 5.32 Å². The van der Waals surface area contributed by atoms with Crippen LogP contribution in [0.3, 0.4) is 0 Å². The van der Waals surface area contributed by atoms with Crippen LogP contribution < -0.4 is 5.32 Å². The second-order valence-electron chi connectivity index (χ2n) is 7.52. The third kappa shape index (κ3) is 4.75. The molecule has 0 bridgehead atoms. The molecule has 0 spiro atoms. The second kappa shape index (κ2) is 8.97. The van der Waals surface area contributed by atoms with E-state index in [9.17, 15) is 14.9 Å². The van der Waals surface area contributed by atoms with Crippen LogP contribution in [0.25, 0.3) is 0 Å². The predicted octanol–water partition coefficient (Wildman–Crippen LogP) is 4.21. The molecule has 1 saturated heterocycles. The van der Waals surface area contributed by atoms with Gasteiger partial charge in [-0.1, -0.05) is 30.7 Å². The second-order valence-corrected chi connectivity index (χ2v) is 7.52. The van der Waals surface area contributed by atoms with Crippen LogP contribution in [0, 0.1) is 17.0 Å². The molecule has 1 amide bonds. The lowest BCUT2D eigenvalue weighted by atomic mass is 10.0. The molecular weight excluding hydrogens is 354 g/mol. The normalized spacial score (nSPS) is 17.3. The molecule has 0 radical (unpaired) electrons. The number of non-ortho nitro benzene ring substituents is 1. The lowest BCUT2D eigenvalue weighted by Gasteiger charge is -2.33. The maximum Gasteiger partial charge on any atom is 0.269 e. The molecule has 1 unspecified atom stereocenters. The number of amides is 1. The molecule has 3 rings (SSSR count). The lowest BCUT2D eigenvalue weighted by molar-refractivity contribution is -0.384. The number of carbonyl (C=O) groups excluding carboxylic acids is 1. The summed E-state index contributed by atoms with van der Waals surface area (Å²) in [5.41, 5.74) is 3.40. The van der Waals surface area contributed by atoms with Gasteiger partial charge in [-0.3, -0.25) is 19.8 Å². The van der Waals surface area contributed by atoms with Crippen molar-refractivity contribution in [2.24, 2.45) is 0 Å². The molecule has 6 heteroatoms. The molecular formula is C22H27N3O3. The fourth-order valence-electron chi connectivity index (χ4n) is 3.78. The number of nitro benzene ring substituents is 1. The molecule has 1 aliphatic rings. The molecule has 1 fully saturated rings. The van der Waals surface area contributed by atoms with Crippen LogP contribution in [0.1, 0.15) is 53.2 Å². The maximum atomic E-state index is 12.6. The van der Waals surface area contributed by atoms with Crippen molar-refractivity contribution in [2.45, 2.75) is 52.2 Å². The van der Waals surface area contributed by atoms with E-state index in [1.807, 2.05) is 18.2 Å². The molecule has 28 heavy (non-hydrogen) atoms. The van der Waals surface area contributed by atoms with Gasteiger partial charge in [0.2, 0.25) is 0 Å². The van der Waals surface area contributed by atoms with Crippen molar-refractivity contribution in [3.05, 3.63) is 74.8 Å². The minimum Gasteiger partial charge on any atom is -0.348 e. The number of aryl methyl sites for hydroxylation is 1. The highest BCUT2D eigenvalue weighted by Gasteiger charge is 2.19. The molecule has 1 heterocycles. The van der Waals surface area contributed by atoms with Crippen LogP contribution in [-0.4, -0.2) is 28.3 Å². The predicted molar refractivity (Wildman–Crippen MR) is 109 cm³/mol. The molecule has 1 atom stereocenters. The van der Waals surface area contributed by atoms with Crippen LogP contribution >= 0.6 is 0 Å². The van der Waals surface area contributed by atoms with E-state index in [1.54, 1.807) is 6.92 Å². The van der Waals surface area contributed by atoms with Crippen LogP contribution in [0.5, 0.6) is 0 Å². The number of benzene rings is 2. The Balaban J connectivity index is 1.67. The van der Waals surface area contributed by atoms with Gasteiger partial charge in [-0.25, -0.2) is 0 Å². The zero-order valence-electron chi connectivity index (χ0n) is 16.5. The Morgan fingerprint density at radius 2 is 1.96 bits per heavy atom. The molecule has 6 nitrogen and oxygen atoms in total. The van der Waals surface area contributed by atoms with Crippen molar-refractivity contribution in [1.29, 1.82) is 0 Å². The summed E-state index contributed by atoms with van der Waals surface area (Å²) in [6.45, 7) is 6.44. The first kappa shape index (κ1) is 20.0. The van der Waals surface area contributed by atoms with Gasteiger partial charge in [0.05, 0.1) is 4.92 Å². The molecule has 148 valence electrons. The molecule has 2 aromatic rings. The molecule has 1 aliphatic heterocycles. The van der Waals surface area contributed by atoms with Gasteiger partial charge >= 0.3 is 0 Å². The van der Waals surface area contributed by atoms with Gasteiger partial charge in [0.15, 0.2) is 0 Å². The monoisotopic (exact) mass is 381 g/mol. The lowest BCUT2D eigenvalue weighted by Crippen LogP contribution is -2.37. The van der Waals surface area contributed by atoms with E-state index < -0.39 is 4.92 Å². The van der Waals surface area contributed by atoms with E-state index in [0.29, 0.717) is 23.7 Å². The van der Waals surface area contributed by atoms with Crippen molar-refractivity contribution in [2.75, 3.05) is 6.54 Å². The van der Waals surface area contributed by atoms with Gasteiger partial charge in [0.1, 0.15) is 0 Å². The number of likely N-dealkylation sites (tertiary alicyclic amines) is 1. The summed E-state index contributed by atoms with van der Waals surface area (Å²) < 4.78 is 0. The number of hydrogen-bond acceptors (Lipinski definition) is 4. The van der Waals surface area contributed by atoms with E-state index >= 15 is 0 Å². The standard InChI is InChI=1S/C22H27N3O3/c1-16-13-20(25(27)28)10-11-21(16)22(26)23-14-18-8-3-4-9-19(18)15-24-12-6-5-7-17(24)2/h3-4,8-11,13,17H,5-7,12,14-15H2,1-2H3,(H,23,26). The number of hydrogen-bond donors (Lipinski definition) is 1. The fraction of sp³-hybridized carbons (Fsp3) is 0.409. The molecule has 2 aromatic carbocycles. The molecule has 0 aromatic heterocycles. The van der Waals surface area contributed by atoms with E-state index in [2.05, 4.69) is 23.2 Å². The summed E-state index contributed by atoms with van der Waals surface area (Å²) in [6.07, 6.45) is 3.77. The first-order chi connectivity index (χ1) is 13.5. The Morgan fingerprint density at radius 3 is 2.64 bits per heavy atom. The van der Waals surface area contributed by atoms with E-state index in [-0.39, 0.29) is 11.6 Å². The third-order valence-corrected chi connectivity index (χ3v) is 5.54. The number of rotatable bonds is 6. The largest absolute Gasteiger partial charge is 0.348 e. The summed E-state index contributed by atoms with van der Waals surface area (Å²) in [4.78, 5) is 25.5. The van der Waals surface area contributed by atoms with Crippen molar-refractivity contribution in [3.63, 3.8) is 0 Å². The minimum absolute atomic E-state index is 0.00459. The highest BCUT2D eigenvalue weighted by atomic mass is 16.6. The molecule has 1 N–H and O–H groups in total. The smallest absolute Gasteiger partial charge is 0.269 e. The van der Waals surface area contributed by atoms with Gasteiger partial charge in [0.25, 0.3) is 11.6 Å². The molecule has 0 aliphatic carbocycles. The fourth-order valence-corrected chi connectivity index (χ4v) is 3.78. The quantitative estimate of drug-likeness (QED) is 0.601. The number of nitrogens with one attached hydrogen (secondary N) is 1. The van der Waals surface area contributed by atoms with Crippen molar-refractivity contribution in [3.8, 4) is 0 Å². The van der Waals surface area contributed by atoms with Crippen molar-refractivity contribution < 1.29 is 9.72 Å². The summed E-state index contributed by atoms with van der Waals surface area (Å²) in [5.74, 6) is -0.214. The average molecular weight is 381 g/mol. The topological polar surface area (TPSA) is 75.5 Å². The van der Waals surface area contributed by atoms with Gasteiger partial charge in [0, 0.05) is 36.8 Å². The summed E-state index contributed by atoms with van der Waals surface area (Å²) in [6, 6.07) is 13.1. The van der Waals surface area contributed by atoms with E-state index in [0.717, 1.165) is 18.7 Å². The minimum atomic E-state index is -0.452. The van der Waals surface area contributed by atoms with Gasteiger partial charge in [-0.15, -0.1) is 0 Å². The number of carbonyl (C=O) groups is 1. The average Bonchev–Trinajstić information content (AvgIpc) is 2.68. The van der Waals surface area contributed by atoms with E-state index in [1.165, 1.54) is 43.0 Å². The van der Waals surface area contributed by atoms with Crippen molar-refractivity contribution >= 4 is 11.6 Å². The van der Waals surface area contributed by atoms with Gasteiger partial charge in [-0.05, 0) is 56.0 Å². The molecule has 0 saturated carbocycles. The first-order valence-corrected chi connectivity index (χ1v) is 9.80. The SMILES string of the molecule is Cc1cc([N+](=O)[O-])ccc1C(=O)NCc1ccccc1CN1CCCCC1C. The Bertz CT molecular complexity index is 866. The van der Waals surface area contributed by atoms with Crippen molar-refractivity contribution in [1.82, 2.24) is 10.2 Å². The Hall–Kier alpha value is -2.73. The van der Waals surface area contributed by atoms with Crippen LogP contribution in [-0.2, 0) is 13.1 Å². The van der Waals surface area contributed by atoms with Crippen LogP contribution in [0.15, 0.2) is 42.5 Å². The summed E-state index contributed by atoms with van der Waals surface area (Å²) >= 11 is 0. The van der Waals surface area contributed by atoms with Crippen LogP contribution in [0.2, 0.25) is 0 Å². The zero-order valence-corrected chi connectivity index (χ0v) is 16.5.